The molecule has 0 saturated heterocycles. The molecule has 2 aromatic rings. The number of carbonyl (C=O) groups is 1. The SMILES string of the molecule is CCOC(=O)c1sc(Nc2cccc(Br)n2)nc1C. The second-order valence-corrected chi connectivity index (χ2v) is 5.44. The predicted molar refractivity (Wildman–Crippen MR) is 78.0 cm³/mol. The van der Waals surface area contributed by atoms with E-state index in [1.165, 1.54) is 11.3 Å². The Hall–Kier alpha value is -1.47. The molecule has 19 heavy (non-hydrogen) atoms. The molecule has 5 nitrogen and oxygen atoms in total. The fraction of sp³-hybridized carbons (Fsp3) is 0.250. The summed E-state index contributed by atoms with van der Waals surface area (Å²) >= 11 is 4.55. The molecule has 0 spiro atoms. The second kappa shape index (κ2) is 6.12. The van der Waals surface area contributed by atoms with E-state index in [1.807, 2.05) is 18.2 Å². The summed E-state index contributed by atoms with van der Waals surface area (Å²) in [7, 11) is 0. The van der Waals surface area contributed by atoms with E-state index in [0.717, 1.165) is 4.60 Å². The zero-order valence-corrected chi connectivity index (χ0v) is 12.8. The van der Waals surface area contributed by atoms with Gasteiger partial charge in [-0.2, -0.15) is 0 Å². The molecule has 100 valence electrons. The third-order valence-corrected chi connectivity index (χ3v) is 3.70. The van der Waals surface area contributed by atoms with Gasteiger partial charge in [-0.15, -0.1) is 0 Å². The number of nitrogens with one attached hydrogen (secondary N) is 1. The topological polar surface area (TPSA) is 64.1 Å². The van der Waals surface area contributed by atoms with Crippen LogP contribution in [0.15, 0.2) is 22.8 Å². The van der Waals surface area contributed by atoms with E-state index in [-0.39, 0.29) is 5.97 Å². The van der Waals surface area contributed by atoms with Crippen molar-refractivity contribution in [1.29, 1.82) is 0 Å². The number of rotatable bonds is 4. The van der Waals surface area contributed by atoms with Gasteiger partial charge >= 0.3 is 5.97 Å². The van der Waals surface area contributed by atoms with E-state index >= 15 is 0 Å². The normalized spacial score (nSPS) is 10.3. The minimum Gasteiger partial charge on any atom is -0.462 e. The minimum atomic E-state index is -0.340. The molecule has 1 N–H and O–H groups in total. The third-order valence-electron chi connectivity index (χ3n) is 2.21. The molecule has 2 heterocycles. The Morgan fingerprint density at radius 3 is 2.95 bits per heavy atom. The Balaban J connectivity index is 2.18. The number of esters is 1. The highest BCUT2D eigenvalue weighted by molar-refractivity contribution is 9.10. The van der Waals surface area contributed by atoms with Gasteiger partial charge in [-0.1, -0.05) is 17.4 Å². The van der Waals surface area contributed by atoms with Crippen molar-refractivity contribution in [1.82, 2.24) is 9.97 Å². The Kier molecular flexibility index (Phi) is 4.49. The van der Waals surface area contributed by atoms with Gasteiger partial charge in [0.05, 0.1) is 12.3 Å². The van der Waals surface area contributed by atoms with Crippen molar-refractivity contribution in [2.75, 3.05) is 11.9 Å². The lowest BCUT2D eigenvalue weighted by Gasteiger charge is -2.00. The number of hydrogen-bond acceptors (Lipinski definition) is 6. The number of nitrogens with zero attached hydrogens (tertiary/aromatic N) is 2. The lowest BCUT2D eigenvalue weighted by Crippen LogP contribution is -2.03. The Morgan fingerprint density at radius 1 is 1.47 bits per heavy atom. The molecule has 2 rings (SSSR count). The zero-order valence-electron chi connectivity index (χ0n) is 10.4. The quantitative estimate of drug-likeness (QED) is 0.680. The van der Waals surface area contributed by atoms with Crippen molar-refractivity contribution >= 4 is 44.2 Å². The summed E-state index contributed by atoms with van der Waals surface area (Å²) in [4.78, 5) is 20.7. The molecule has 0 aliphatic carbocycles. The molecule has 0 unspecified atom stereocenters. The molecule has 7 heteroatoms. The average molecular weight is 342 g/mol. The van der Waals surface area contributed by atoms with Crippen LogP contribution in [-0.2, 0) is 4.74 Å². The smallest absolute Gasteiger partial charge is 0.350 e. The number of carbonyl (C=O) groups excluding carboxylic acids is 1. The maximum Gasteiger partial charge on any atom is 0.350 e. The summed E-state index contributed by atoms with van der Waals surface area (Å²) in [6, 6.07) is 5.53. The van der Waals surface area contributed by atoms with E-state index in [1.54, 1.807) is 13.8 Å². The van der Waals surface area contributed by atoms with Crippen molar-refractivity contribution < 1.29 is 9.53 Å². The van der Waals surface area contributed by atoms with E-state index < -0.39 is 0 Å². The lowest BCUT2D eigenvalue weighted by atomic mass is 10.4. The van der Waals surface area contributed by atoms with Crippen LogP contribution in [0.3, 0.4) is 0 Å². The fourth-order valence-corrected chi connectivity index (χ4v) is 2.63. The van der Waals surface area contributed by atoms with Crippen LogP contribution in [0.5, 0.6) is 0 Å². The van der Waals surface area contributed by atoms with Crippen LogP contribution in [0.25, 0.3) is 0 Å². The van der Waals surface area contributed by atoms with Crippen molar-refractivity contribution in [3.05, 3.63) is 33.4 Å². The summed E-state index contributed by atoms with van der Waals surface area (Å²) < 4.78 is 5.70. The molecule has 0 saturated carbocycles. The number of aryl methyl sites for hydroxylation is 1. The van der Waals surface area contributed by atoms with Gasteiger partial charge < -0.3 is 10.1 Å². The van der Waals surface area contributed by atoms with Gasteiger partial charge in [0.25, 0.3) is 0 Å². The fourth-order valence-electron chi connectivity index (χ4n) is 1.42. The van der Waals surface area contributed by atoms with Crippen LogP contribution in [-0.4, -0.2) is 22.5 Å². The number of hydrogen-bond donors (Lipinski definition) is 1. The van der Waals surface area contributed by atoms with Crippen molar-refractivity contribution in [3.8, 4) is 0 Å². The van der Waals surface area contributed by atoms with Gasteiger partial charge in [-0.3, -0.25) is 0 Å². The maximum atomic E-state index is 11.7. The monoisotopic (exact) mass is 341 g/mol. The lowest BCUT2D eigenvalue weighted by molar-refractivity contribution is 0.0531. The largest absolute Gasteiger partial charge is 0.462 e. The molecule has 0 aromatic carbocycles. The number of aromatic nitrogens is 2. The highest BCUT2D eigenvalue weighted by Crippen LogP contribution is 2.26. The summed E-state index contributed by atoms with van der Waals surface area (Å²) in [5, 5.41) is 3.68. The van der Waals surface area contributed by atoms with Crippen LogP contribution >= 0.6 is 27.3 Å². The molecular weight excluding hydrogens is 330 g/mol. The van der Waals surface area contributed by atoms with Gasteiger partial charge in [-0.05, 0) is 41.9 Å². The Bertz CT molecular complexity index is 600. The molecular formula is C12H12BrN3O2S. The molecule has 0 radical (unpaired) electrons. The number of halogens is 1. The molecule has 2 aromatic heterocycles. The molecule has 0 aliphatic heterocycles. The van der Waals surface area contributed by atoms with Crippen molar-refractivity contribution in [3.63, 3.8) is 0 Å². The Morgan fingerprint density at radius 2 is 2.26 bits per heavy atom. The molecule has 0 amide bonds. The molecule has 0 atom stereocenters. The van der Waals surface area contributed by atoms with Crippen LogP contribution in [0.1, 0.15) is 22.3 Å². The predicted octanol–water partition coefficient (Wildman–Crippen LogP) is 3.53. The highest BCUT2D eigenvalue weighted by Gasteiger charge is 2.16. The average Bonchev–Trinajstić information content (AvgIpc) is 2.70. The van der Waals surface area contributed by atoms with Crippen LogP contribution in [0.4, 0.5) is 10.9 Å². The van der Waals surface area contributed by atoms with Gasteiger partial charge in [-0.25, -0.2) is 14.8 Å². The highest BCUT2D eigenvalue weighted by atomic mass is 79.9. The van der Waals surface area contributed by atoms with Crippen molar-refractivity contribution in [2.24, 2.45) is 0 Å². The summed E-state index contributed by atoms with van der Waals surface area (Å²) in [6.45, 7) is 3.91. The van der Waals surface area contributed by atoms with Gasteiger partial charge in [0.2, 0.25) is 0 Å². The molecule has 0 bridgehead atoms. The summed E-state index contributed by atoms with van der Waals surface area (Å²) in [5.74, 6) is 0.325. The third kappa shape index (κ3) is 3.51. The zero-order chi connectivity index (χ0) is 13.8. The number of anilines is 2. The number of ether oxygens (including phenoxy) is 1. The molecule has 0 aliphatic rings. The van der Waals surface area contributed by atoms with Crippen LogP contribution in [0.2, 0.25) is 0 Å². The Labute approximate surface area is 123 Å². The maximum absolute atomic E-state index is 11.7. The standard InChI is InChI=1S/C12H12BrN3O2S/c1-3-18-11(17)10-7(2)14-12(19-10)16-9-6-4-5-8(13)15-9/h4-6H,3H2,1-2H3,(H,14,15,16). The van der Waals surface area contributed by atoms with E-state index in [0.29, 0.717) is 28.1 Å². The van der Waals surface area contributed by atoms with Crippen molar-refractivity contribution in [2.45, 2.75) is 13.8 Å². The van der Waals surface area contributed by atoms with Gasteiger partial charge in [0.15, 0.2) is 5.13 Å². The summed E-state index contributed by atoms with van der Waals surface area (Å²) in [5.41, 5.74) is 0.654. The van der Waals surface area contributed by atoms with Crippen LogP contribution in [0, 0.1) is 6.92 Å². The van der Waals surface area contributed by atoms with E-state index in [2.05, 4.69) is 31.2 Å². The minimum absolute atomic E-state index is 0.340. The number of pyridine rings is 1. The van der Waals surface area contributed by atoms with E-state index in [4.69, 9.17) is 4.74 Å². The first kappa shape index (κ1) is 14.0. The first-order chi connectivity index (χ1) is 9.10. The molecule has 0 fully saturated rings. The van der Waals surface area contributed by atoms with Crippen LogP contribution < -0.4 is 5.32 Å². The first-order valence-electron chi connectivity index (χ1n) is 5.64. The first-order valence-corrected chi connectivity index (χ1v) is 7.25. The summed E-state index contributed by atoms with van der Waals surface area (Å²) in [6.07, 6.45) is 0. The second-order valence-electron chi connectivity index (χ2n) is 3.62. The number of thiazole rings is 1. The van der Waals surface area contributed by atoms with Gasteiger partial charge in [0, 0.05) is 0 Å². The van der Waals surface area contributed by atoms with E-state index in [9.17, 15) is 4.79 Å². The van der Waals surface area contributed by atoms with Gasteiger partial charge in [0.1, 0.15) is 15.3 Å².